The van der Waals surface area contributed by atoms with Crippen LogP contribution in [0, 0.1) is 23.0 Å². The Morgan fingerprint density at radius 2 is 1.68 bits per heavy atom. The van der Waals surface area contributed by atoms with E-state index in [0.717, 1.165) is 25.7 Å². The first-order valence-electron chi connectivity index (χ1n) is 14.4. The largest absolute Gasteiger partial charge is 0.390 e. The number of nitrogens with one attached hydrogen (secondary N) is 1. The number of rotatable bonds is 7. The number of piperidine rings is 1. The predicted octanol–water partition coefficient (Wildman–Crippen LogP) is 6.62. The van der Waals surface area contributed by atoms with E-state index in [1.54, 1.807) is 50.2 Å². The van der Waals surface area contributed by atoms with E-state index in [-0.39, 0.29) is 30.0 Å². The van der Waals surface area contributed by atoms with Gasteiger partial charge in [0.05, 0.1) is 11.2 Å². The van der Waals surface area contributed by atoms with Crippen molar-refractivity contribution in [2.75, 3.05) is 0 Å². The van der Waals surface area contributed by atoms with E-state index < -0.39 is 17.2 Å². The Morgan fingerprint density at radius 3 is 2.27 bits per heavy atom. The molecule has 2 saturated heterocycles. The number of benzene rings is 3. The molecule has 0 aromatic heterocycles. The highest BCUT2D eigenvalue weighted by Gasteiger charge is 2.43. The smallest absolute Gasteiger partial charge is 0.254 e. The lowest BCUT2D eigenvalue weighted by molar-refractivity contribution is 0.0551. The minimum atomic E-state index is -0.986. The van der Waals surface area contributed by atoms with Crippen LogP contribution in [0.1, 0.15) is 74.9 Å². The van der Waals surface area contributed by atoms with Crippen molar-refractivity contribution < 1.29 is 18.7 Å². The van der Waals surface area contributed by atoms with Crippen LogP contribution >= 0.6 is 0 Å². The molecule has 2 aliphatic rings. The number of hydrogen-bond donors (Lipinski definition) is 2. The topological polar surface area (TPSA) is 76.4 Å². The zero-order valence-electron chi connectivity index (χ0n) is 24.0. The molecule has 0 saturated carbocycles. The molecule has 2 bridgehead atoms. The Balaban J connectivity index is 1.54. The van der Waals surface area contributed by atoms with Crippen LogP contribution < -0.4 is 5.32 Å². The maximum Gasteiger partial charge on any atom is 0.254 e. The van der Waals surface area contributed by atoms with Crippen molar-refractivity contribution in [3.05, 3.63) is 82.9 Å². The van der Waals surface area contributed by atoms with E-state index in [4.69, 9.17) is 0 Å². The van der Waals surface area contributed by atoms with E-state index in [9.17, 15) is 19.6 Å². The summed E-state index contributed by atoms with van der Waals surface area (Å²) in [5.74, 6) is -1.21. The van der Waals surface area contributed by atoms with Gasteiger partial charge in [-0.2, -0.15) is 5.26 Å². The third-order valence-electron chi connectivity index (χ3n) is 8.16. The molecular formula is C34H37F2N3O2. The van der Waals surface area contributed by atoms with Gasteiger partial charge in [-0.05, 0) is 92.1 Å². The Labute approximate surface area is 240 Å². The summed E-state index contributed by atoms with van der Waals surface area (Å²) in [4.78, 5) is 15.9. The van der Waals surface area contributed by atoms with Crippen LogP contribution in [0.5, 0.6) is 0 Å². The Hall–Kier alpha value is -3.60. The number of carbonyl (C=O) groups is 1. The molecule has 7 heteroatoms. The number of fused-ring (bicyclic) bond motifs is 2. The molecule has 5 nitrogen and oxygen atoms in total. The lowest BCUT2D eigenvalue weighted by Crippen LogP contribution is -2.52. The fourth-order valence-electron chi connectivity index (χ4n) is 6.58. The normalized spacial score (nSPS) is 20.4. The second kappa shape index (κ2) is 11.3. The molecule has 0 aliphatic carbocycles. The van der Waals surface area contributed by atoms with E-state index >= 15 is 4.39 Å². The second-order valence-corrected chi connectivity index (χ2v) is 12.5. The lowest BCUT2D eigenvalue weighted by atomic mass is 9.89. The Morgan fingerprint density at radius 1 is 1.00 bits per heavy atom. The van der Waals surface area contributed by atoms with Crippen molar-refractivity contribution in [2.45, 2.75) is 89.6 Å². The van der Waals surface area contributed by atoms with Gasteiger partial charge >= 0.3 is 0 Å². The minimum absolute atomic E-state index is 0.0663. The van der Waals surface area contributed by atoms with Gasteiger partial charge in [0.1, 0.15) is 17.7 Å². The molecule has 3 aromatic carbocycles. The van der Waals surface area contributed by atoms with Crippen molar-refractivity contribution >= 4 is 5.91 Å². The van der Waals surface area contributed by atoms with Crippen molar-refractivity contribution in [2.24, 2.45) is 0 Å². The molecule has 5 rings (SSSR count). The maximum atomic E-state index is 15.5. The van der Waals surface area contributed by atoms with Gasteiger partial charge in [0.25, 0.3) is 5.91 Å². The number of nitrogens with zero attached hydrogens (tertiary/aromatic N) is 2. The third kappa shape index (κ3) is 6.19. The van der Waals surface area contributed by atoms with Crippen LogP contribution in [0.15, 0.2) is 54.6 Å². The first-order chi connectivity index (χ1) is 19.4. The van der Waals surface area contributed by atoms with Crippen LogP contribution in [0.4, 0.5) is 8.78 Å². The van der Waals surface area contributed by atoms with E-state index in [0.29, 0.717) is 45.5 Å². The first-order valence-corrected chi connectivity index (χ1v) is 14.4. The number of aliphatic hydroxyl groups is 1. The van der Waals surface area contributed by atoms with Gasteiger partial charge in [-0.3, -0.25) is 4.79 Å². The fraction of sp³-hybridized carbons (Fsp3) is 0.412. The Kier molecular flexibility index (Phi) is 8.00. The van der Waals surface area contributed by atoms with Crippen molar-refractivity contribution in [3.8, 4) is 28.3 Å². The van der Waals surface area contributed by atoms with E-state index in [2.05, 4.69) is 19.2 Å². The SMILES string of the molecule is CC(C)NC1C[C@H]2CC[C@@H](C1)N2C(=O)c1ccc(-c2ccc(CC(C)(C)O)cc2F)c(-c2ccc(C#N)c(F)c2)c1. The molecule has 2 fully saturated rings. The average Bonchev–Trinajstić information content (AvgIpc) is 3.16. The standard InChI is InChI=1S/C34H37F2N3O2/c1-20(2)38-25-16-26-9-10-27(17-25)39(26)33(40)23-8-12-28(29-11-5-21(13-32(29)36)18-34(3,4)41)30(14-23)22-6-7-24(19-37)31(35)15-22/h5-8,11-15,20,25-27,38,41H,9-10,16-18H2,1-4H3/t25?,26-,27+. The quantitative estimate of drug-likeness (QED) is 0.343. The van der Waals surface area contributed by atoms with Crippen molar-refractivity contribution in [3.63, 3.8) is 0 Å². The van der Waals surface area contributed by atoms with Gasteiger partial charge in [0.2, 0.25) is 0 Å². The summed E-state index contributed by atoms with van der Waals surface area (Å²) in [6.07, 6.45) is 4.06. The highest BCUT2D eigenvalue weighted by Crippen LogP contribution is 2.39. The van der Waals surface area contributed by atoms with Gasteiger partial charge in [-0.1, -0.05) is 38.1 Å². The zero-order valence-corrected chi connectivity index (χ0v) is 24.0. The summed E-state index contributed by atoms with van der Waals surface area (Å²) in [5.41, 5.74) is 1.84. The molecule has 3 aromatic rings. The van der Waals surface area contributed by atoms with Gasteiger partial charge in [-0.25, -0.2) is 8.78 Å². The average molecular weight is 558 g/mol. The second-order valence-electron chi connectivity index (χ2n) is 12.5. The number of carbonyl (C=O) groups excluding carboxylic acids is 1. The van der Waals surface area contributed by atoms with Gasteiger partial charge in [0.15, 0.2) is 0 Å². The molecule has 1 amide bonds. The molecule has 2 N–H and O–H groups in total. The van der Waals surface area contributed by atoms with Crippen molar-refractivity contribution in [1.29, 1.82) is 5.26 Å². The molecular weight excluding hydrogens is 520 g/mol. The maximum absolute atomic E-state index is 15.5. The van der Waals surface area contributed by atoms with Crippen molar-refractivity contribution in [1.82, 2.24) is 10.2 Å². The first kappa shape index (κ1) is 28.9. The molecule has 41 heavy (non-hydrogen) atoms. The molecule has 0 spiro atoms. The Bertz CT molecular complexity index is 1490. The molecule has 2 heterocycles. The predicted molar refractivity (Wildman–Crippen MR) is 156 cm³/mol. The number of halogens is 2. The zero-order chi connectivity index (χ0) is 29.5. The van der Waals surface area contributed by atoms with Crippen LogP contribution in [-0.4, -0.2) is 45.7 Å². The summed E-state index contributed by atoms with van der Waals surface area (Å²) in [6.45, 7) is 7.61. The number of nitriles is 1. The van der Waals surface area contributed by atoms with Crippen LogP contribution in [0.2, 0.25) is 0 Å². The highest BCUT2D eigenvalue weighted by atomic mass is 19.1. The van der Waals surface area contributed by atoms with Gasteiger partial charge in [-0.15, -0.1) is 0 Å². The van der Waals surface area contributed by atoms with Gasteiger partial charge < -0.3 is 15.3 Å². The number of amides is 1. The molecule has 3 atom stereocenters. The molecule has 0 radical (unpaired) electrons. The highest BCUT2D eigenvalue weighted by molar-refractivity contribution is 5.98. The number of hydrogen-bond acceptors (Lipinski definition) is 4. The lowest BCUT2D eigenvalue weighted by Gasteiger charge is -2.40. The van der Waals surface area contributed by atoms with Crippen LogP contribution in [-0.2, 0) is 6.42 Å². The molecule has 2 aliphatic heterocycles. The van der Waals surface area contributed by atoms with Crippen LogP contribution in [0.3, 0.4) is 0 Å². The summed E-state index contributed by atoms with van der Waals surface area (Å²) in [6, 6.07) is 17.2. The summed E-state index contributed by atoms with van der Waals surface area (Å²) in [5, 5.41) is 23.0. The summed E-state index contributed by atoms with van der Waals surface area (Å²) >= 11 is 0. The van der Waals surface area contributed by atoms with E-state index in [1.165, 1.54) is 18.2 Å². The molecule has 1 unspecified atom stereocenters. The summed E-state index contributed by atoms with van der Waals surface area (Å²) < 4.78 is 30.3. The minimum Gasteiger partial charge on any atom is -0.390 e. The van der Waals surface area contributed by atoms with E-state index in [1.807, 2.05) is 11.0 Å². The monoisotopic (exact) mass is 557 g/mol. The fourth-order valence-corrected chi connectivity index (χ4v) is 6.58. The summed E-state index contributed by atoms with van der Waals surface area (Å²) in [7, 11) is 0. The van der Waals surface area contributed by atoms with Gasteiger partial charge in [0, 0.05) is 41.7 Å². The third-order valence-corrected chi connectivity index (χ3v) is 8.16. The van der Waals surface area contributed by atoms with Crippen LogP contribution in [0.25, 0.3) is 22.3 Å². The molecule has 214 valence electrons.